The number of imidazole rings is 1. The molecule has 0 spiro atoms. The summed E-state index contributed by atoms with van der Waals surface area (Å²) < 4.78 is 5.04. The summed E-state index contributed by atoms with van der Waals surface area (Å²) in [6.07, 6.45) is 9.35. The van der Waals surface area contributed by atoms with Gasteiger partial charge in [-0.05, 0) is 18.1 Å². The van der Waals surface area contributed by atoms with Crippen LogP contribution in [-0.2, 0) is 6.42 Å². The van der Waals surface area contributed by atoms with E-state index < -0.39 is 5.91 Å². The van der Waals surface area contributed by atoms with Gasteiger partial charge in [-0.2, -0.15) is 0 Å². The van der Waals surface area contributed by atoms with Crippen LogP contribution >= 0.6 is 22.9 Å². The number of nitrogens with two attached hydrogens (primary N) is 1. The average molecular weight is 568 g/mol. The molecule has 174 valence electrons. The number of hydrogen-bond acceptors (Lipinski definition) is 7. The van der Waals surface area contributed by atoms with Gasteiger partial charge in [0.1, 0.15) is 5.82 Å². The van der Waals surface area contributed by atoms with Gasteiger partial charge in [0, 0.05) is 59.5 Å². The van der Waals surface area contributed by atoms with Crippen LogP contribution < -0.4 is 14.6 Å². The van der Waals surface area contributed by atoms with Crippen molar-refractivity contribution in [2.24, 2.45) is 0 Å². The number of amides is 1. The van der Waals surface area contributed by atoms with Crippen LogP contribution in [0.25, 0.3) is 16.9 Å². The minimum absolute atomic E-state index is 0.0557. The average Bonchev–Trinajstić information content (AvgIpc) is 3.34. The van der Waals surface area contributed by atoms with Gasteiger partial charge in [-0.15, -0.1) is 0 Å². The van der Waals surface area contributed by atoms with Crippen LogP contribution in [-0.4, -0.2) is 37.0 Å². The Kier molecular flexibility index (Phi) is 7.48. The van der Waals surface area contributed by atoms with Crippen LogP contribution in [0, 0.1) is 0 Å². The van der Waals surface area contributed by atoms with Gasteiger partial charge < -0.3 is 15.6 Å². The maximum absolute atomic E-state index is 13.2. The maximum Gasteiger partial charge on any atom is 0.278 e. The molecule has 0 saturated heterocycles. The van der Waals surface area contributed by atoms with Gasteiger partial charge in [0.05, 0.1) is 29.5 Å². The van der Waals surface area contributed by atoms with Gasteiger partial charge in [-0.3, -0.25) is 13.3 Å². The van der Waals surface area contributed by atoms with E-state index in [1.54, 1.807) is 24.8 Å². The molecule has 0 bridgehead atoms. The molecule has 1 amide bonds. The lowest BCUT2D eigenvalue weighted by Crippen LogP contribution is -2.19. The van der Waals surface area contributed by atoms with Crippen molar-refractivity contribution < 1.29 is 4.79 Å². The fourth-order valence-electron chi connectivity index (χ4n) is 3.56. The molecule has 1 aromatic carbocycles. The van der Waals surface area contributed by atoms with E-state index in [1.807, 2.05) is 41.1 Å². The third kappa shape index (κ3) is 5.23. The standard InChI is InChI=1S/C24H25IN8O/c1-15(2)23-28-11-12-33(23)20-8-9-27-13-19(20)32-24(34)21-22(26)29-14-18(31-21)17-5-3-16(4-6-17)7-10-30-25/h3-6,8-9,11-15,30H,7,10H2,1-2H3,(H2,26,29)(H,32,34). The van der Waals surface area contributed by atoms with E-state index >= 15 is 0 Å². The number of pyridine rings is 1. The molecule has 0 aliphatic heterocycles. The Morgan fingerprint density at radius 3 is 2.65 bits per heavy atom. The fraction of sp³-hybridized carbons (Fsp3) is 0.208. The van der Waals surface area contributed by atoms with Crippen LogP contribution in [0.15, 0.2) is 61.3 Å². The lowest BCUT2D eigenvalue weighted by Gasteiger charge is -2.15. The first-order valence-electron chi connectivity index (χ1n) is 10.8. The lowest BCUT2D eigenvalue weighted by atomic mass is 10.1. The summed E-state index contributed by atoms with van der Waals surface area (Å²) in [6.45, 7) is 5.01. The van der Waals surface area contributed by atoms with Crippen molar-refractivity contribution >= 4 is 40.3 Å². The van der Waals surface area contributed by atoms with Crippen LogP contribution in [0.5, 0.6) is 0 Å². The molecule has 0 aliphatic carbocycles. The third-order valence-corrected chi connectivity index (χ3v) is 5.80. The Balaban J connectivity index is 1.61. The van der Waals surface area contributed by atoms with Gasteiger partial charge in [-0.1, -0.05) is 38.1 Å². The molecule has 34 heavy (non-hydrogen) atoms. The highest BCUT2D eigenvalue weighted by Gasteiger charge is 2.18. The third-order valence-electron chi connectivity index (χ3n) is 5.27. The zero-order valence-electron chi connectivity index (χ0n) is 18.9. The van der Waals surface area contributed by atoms with Crippen LogP contribution in [0.4, 0.5) is 11.5 Å². The summed E-state index contributed by atoms with van der Waals surface area (Å²) >= 11 is 2.13. The van der Waals surface area contributed by atoms with Crippen molar-refractivity contribution in [3.05, 3.63) is 78.4 Å². The number of benzene rings is 1. The van der Waals surface area contributed by atoms with Crippen molar-refractivity contribution in [1.29, 1.82) is 0 Å². The van der Waals surface area contributed by atoms with Crippen LogP contribution in [0.3, 0.4) is 0 Å². The number of nitrogen functional groups attached to an aromatic ring is 1. The molecule has 0 unspecified atom stereocenters. The summed E-state index contributed by atoms with van der Waals surface area (Å²) in [4.78, 5) is 30.5. The molecule has 3 heterocycles. The summed E-state index contributed by atoms with van der Waals surface area (Å²) in [5.74, 6) is 0.675. The second-order valence-electron chi connectivity index (χ2n) is 7.98. The normalized spacial score (nSPS) is 11.1. The highest BCUT2D eigenvalue weighted by Crippen LogP contribution is 2.25. The Morgan fingerprint density at radius 2 is 1.91 bits per heavy atom. The number of rotatable bonds is 8. The molecular weight excluding hydrogens is 543 g/mol. The minimum Gasteiger partial charge on any atom is -0.382 e. The van der Waals surface area contributed by atoms with Crippen molar-refractivity contribution in [2.45, 2.75) is 26.2 Å². The smallest absolute Gasteiger partial charge is 0.278 e. The van der Waals surface area contributed by atoms with Crippen molar-refractivity contribution in [2.75, 3.05) is 17.6 Å². The first kappa shape index (κ1) is 23.8. The number of carbonyl (C=O) groups is 1. The number of carbonyl (C=O) groups excluding carboxylic acids is 1. The van der Waals surface area contributed by atoms with Gasteiger partial charge in [0.25, 0.3) is 5.91 Å². The molecule has 4 N–H and O–H groups in total. The quantitative estimate of drug-likeness (QED) is 0.215. The zero-order chi connectivity index (χ0) is 24.1. The number of hydrogen-bond donors (Lipinski definition) is 3. The topological polar surface area (TPSA) is 124 Å². The maximum atomic E-state index is 13.2. The Bertz CT molecular complexity index is 1290. The number of aromatic nitrogens is 5. The second-order valence-corrected chi connectivity index (χ2v) is 8.74. The van der Waals surface area contributed by atoms with Gasteiger partial charge in [0.15, 0.2) is 11.5 Å². The predicted octanol–water partition coefficient (Wildman–Crippen LogP) is 4.16. The first-order valence-corrected chi connectivity index (χ1v) is 11.9. The van der Waals surface area contributed by atoms with E-state index in [2.05, 4.69) is 65.5 Å². The van der Waals surface area contributed by atoms with Crippen LogP contribution in [0.2, 0.25) is 0 Å². The number of nitrogens with one attached hydrogen (secondary N) is 2. The molecule has 4 rings (SSSR count). The molecule has 0 atom stereocenters. The van der Waals surface area contributed by atoms with Crippen LogP contribution in [0.1, 0.15) is 41.6 Å². The summed E-state index contributed by atoms with van der Waals surface area (Å²) in [7, 11) is 0. The molecule has 0 saturated carbocycles. The van der Waals surface area contributed by atoms with E-state index in [1.165, 1.54) is 5.56 Å². The highest BCUT2D eigenvalue weighted by molar-refractivity contribution is 14.1. The van der Waals surface area contributed by atoms with E-state index in [4.69, 9.17) is 5.73 Å². The molecule has 10 heteroatoms. The first-order chi connectivity index (χ1) is 16.5. The summed E-state index contributed by atoms with van der Waals surface area (Å²) in [5.41, 5.74) is 9.99. The van der Waals surface area contributed by atoms with E-state index in [0.717, 1.165) is 30.0 Å². The SMILES string of the molecule is CC(C)c1nccn1-c1ccncc1NC(=O)c1nc(-c2ccc(CCNI)cc2)cnc1N. The number of anilines is 2. The van der Waals surface area contributed by atoms with Gasteiger partial charge >= 0.3 is 0 Å². The summed E-state index contributed by atoms with van der Waals surface area (Å²) in [5, 5.41) is 2.89. The van der Waals surface area contributed by atoms with Gasteiger partial charge in [0.2, 0.25) is 0 Å². The van der Waals surface area contributed by atoms with E-state index in [-0.39, 0.29) is 17.4 Å². The largest absolute Gasteiger partial charge is 0.382 e. The van der Waals surface area contributed by atoms with Crippen molar-refractivity contribution in [3.8, 4) is 16.9 Å². The monoisotopic (exact) mass is 568 g/mol. The molecule has 9 nitrogen and oxygen atoms in total. The molecule has 0 fully saturated rings. The molecule has 3 aromatic heterocycles. The van der Waals surface area contributed by atoms with Crippen molar-refractivity contribution in [3.63, 3.8) is 0 Å². The Labute approximate surface area is 211 Å². The van der Waals surface area contributed by atoms with Gasteiger partial charge in [-0.25, -0.2) is 15.0 Å². The van der Waals surface area contributed by atoms with Crippen molar-refractivity contribution in [1.82, 2.24) is 28.0 Å². The second kappa shape index (κ2) is 10.7. The Morgan fingerprint density at radius 1 is 1.12 bits per heavy atom. The van der Waals surface area contributed by atoms with E-state index in [0.29, 0.717) is 11.4 Å². The number of halogens is 1. The molecule has 0 aliphatic rings. The zero-order valence-corrected chi connectivity index (χ0v) is 21.0. The molecular formula is C24H25IN8O. The highest BCUT2D eigenvalue weighted by atomic mass is 127. The summed E-state index contributed by atoms with van der Waals surface area (Å²) in [6, 6.07) is 9.84. The minimum atomic E-state index is -0.461. The predicted molar refractivity (Wildman–Crippen MR) is 141 cm³/mol. The molecule has 4 aromatic rings. The number of nitrogens with zero attached hydrogens (tertiary/aromatic N) is 5. The van der Waals surface area contributed by atoms with E-state index in [9.17, 15) is 4.79 Å². The molecule has 0 radical (unpaired) electrons. The fourth-order valence-corrected chi connectivity index (χ4v) is 3.83. The lowest BCUT2D eigenvalue weighted by molar-refractivity contribution is 0.102. The Hall–Kier alpha value is -3.38.